The third-order valence-electron chi connectivity index (χ3n) is 1.60. The third-order valence-corrected chi connectivity index (χ3v) is 1.60. The third kappa shape index (κ3) is 5.17. The van der Waals surface area contributed by atoms with Crippen LogP contribution in [0.15, 0.2) is 12.7 Å². The van der Waals surface area contributed by atoms with Crippen molar-refractivity contribution in [2.45, 2.75) is 26.7 Å². The molecule has 0 aliphatic heterocycles. The molecule has 0 spiro atoms. The van der Waals surface area contributed by atoms with Crippen molar-refractivity contribution in [1.29, 1.82) is 0 Å². The lowest BCUT2D eigenvalue weighted by atomic mass is 10.2. The minimum absolute atomic E-state index is 0.00778. The maximum atomic E-state index is 11.4. The van der Waals surface area contributed by atoms with Gasteiger partial charge in [0.15, 0.2) is 0 Å². The Morgan fingerprint density at radius 2 is 2.08 bits per heavy atom. The van der Waals surface area contributed by atoms with Gasteiger partial charge in [0.05, 0.1) is 6.42 Å². The molecule has 0 aromatic rings. The zero-order chi connectivity index (χ0) is 10.3. The van der Waals surface area contributed by atoms with E-state index in [0.29, 0.717) is 13.1 Å². The summed E-state index contributed by atoms with van der Waals surface area (Å²) in [6.45, 7) is 8.21. The van der Waals surface area contributed by atoms with Crippen LogP contribution in [-0.4, -0.2) is 29.7 Å². The fourth-order valence-corrected chi connectivity index (χ4v) is 1.07. The summed E-state index contributed by atoms with van der Waals surface area (Å²) in [5.41, 5.74) is 0. The zero-order valence-electron chi connectivity index (χ0n) is 8.38. The number of amides is 1. The monoisotopic (exact) mass is 183 g/mol. The Morgan fingerprint density at radius 3 is 2.46 bits per heavy atom. The lowest BCUT2D eigenvalue weighted by Crippen LogP contribution is -2.32. The molecule has 0 N–H and O–H groups in total. The van der Waals surface area contributed by atoms with Crippen LogP contribution in [0.4, 0.5) is 0 Å². The van der Waals surface area contributed by atoms with Crippen LogP contribution in [0, 0.1) is 0 Å². The average Bonchev–Trinajstić information content (AvgIpc) is 2.02. The Balaban J connectivity index is 4.09. The van der Waals surface area contributed by atoms with Crippen LogP contribution in [0.25, 0.3) is 0 Å². The van der Waals surface area contributed by atoms with E-state index < -0.39 is 0 Å². The van der Waals surface area contributed by atoms with Crippen molar-refractivity contribution in [1.82, 2.24) is 4.90 Å². The van der Waals surface area contributed by atoms with E-state index in [0.717, 1.165) is 6.42 Å². The minimum Gasteiger partial charge on any atom is -0.339 e. The van der Waals surface area contributed by atoms with Gasteiger partial charge < -0.3 is 4.90 Å². The van der Waals surface area contributed by atoms with E-state index in [4.69, 9.17) is 0 Å². The molecule has 0 atom stereocenters. The quantitative estimate of drug-likeness (QED) is 0.461. The second-order valence-electron chi connectivity index (χ2n) is 3.01. The van der Waals surface area contributed by atoms with Crippen molar-refractivity contribution >= 4 is 11.7 Å². The molecular formula is C10H17NO2. The summed E-state index contributed by atoms with van der Waals surface area (Å²) in [5.74, 6) is -0.190. The lowest BCUT2D eigenvalue weighted by Gasteiger charge is -2.19. The van der Waals surface area contributed by atoms with Crippen LogP contribution < -0.4 is 0 Å². The first-order valence-corrected chi connectivity index (χ1v) is 4.50. The summed E-state index contributed by atoms with van der Waals surface area (Å²) < 4.78 is 0. The van der Waals surface area contributed by atoms with Crippen molar-refractivity contribution in [2.24, 2.45) is 0 Å². The van der Waals surface area contributed by atoms with Crippen molar-refractivity contribution < 1.29 is 9.59 Å². The number of carbonyl (C=O) groups is 2. The number of nitrogens with zero attached hydrogens (tertiary/aromatic N) is 1. The normalized spacial score (nSPS) is 9.38. The van der Waals surface area contributed by atoms with Gasteiger partial charge in [0, 0.05) is 13.1 Å². The first kappa shape index (κ1) is 11.9. The van der Waals surface area contributed by atoms with Gasteiger partial charge in [0.1, 0.15) is 5.78 Å². The molecule has 0 saturated carbocycles. The minimum atomic E-state index is -0.103. The van der Waals surface area contributed by atoms with Crippen molar-refractivity contribution in [3.8, 4) is 0 Å². The average molecular weight is 183 g/mol. The highest BCUT2D eigenvalue weighted by atomic mass is 16.2. The Kier molecular flexibility index (Phi) is 5.85. The number of ketones is 1. The predicted octanol–water partition coefficient (Wildman–Crippen LogP) is 1.39. The molecule has 0 heterocycles. The lowest BCUT2D eigenvalue weighted by molar-refractivity contribution is -0.134. The molecular weight excluding hydrogens is 166 g/mol. The highest BCUT2D eigenvalue weighted by Gasteiger charge is 2.12. The largest absolute Gasteiger partial charge is 0.339 e. The van der Waals surface area contributed by atoms with Gasteiger partial charge in [-0.1, -0.05) is 13.0 Å². The fraction of sp³-hybridized carbons (Fsp3) is 0.600. The summed E-state index contributed by atoms with van der Waals surface area (Å²) >= 11 is 0. The Morgan fingerprint density at radius 1 is 1.46 bits per heavy atom. The highest BCUT2D eigenvalue weighted by Crippen LogP contribution is 1.97. The molecule has 13 heavy (non-hydrogen) atoms. The number of rotatable bonds is 6. The first-order chi connectivity index (χ1) is 6.11. The summed E-state index contributed by atoms with van der Waals surface area (Å²) in [5, 5.41) is 0. The SMILES string of the molecule is C=CCN(CCC)C(=O)CC(C)=O. The molecule has 1 amide bonds. The van der Waals surface area contributed by atoms with Gasteiger partial charge in [0.25, 0.3) is 0 Å². The Labute approximate surface area is 79.4 Å². The van der Waals surface area contributed by atoms with E-state index >= 15 is 0 Å². The van der Waals surface area contributed by atoms with Crippen molar-refractivity contribution in [3.63, 3.8) is 0 Å². The van der Waals surface area contributed by atoms with Gasteiger partial charge in [-0.05, 0) is 13.3 Å². The number of carbonyl (C=O) groups excluding carboxylic acids is 2. The molecule has 0 aromatic heterocycles. The molecule has 0 radical (unpaired) electrons. The van der Waals surface area contributed by atoms with Gasteiger partial charge in [0.2, 0.25) is 5.91 Å². The van der Waals surface area contributed by atoms with E-state index in [1.54, 1.807) is 11.0 Å². The molecule has 3 nitrogen and oxygen atoms in total. The molecule has 0 bridgehead atoms. The molecule has 3 heteroatoms. The van der Waals surface area contributed by atoms with Crippen LogP contribution >= 0.6 is 0 Å². The van der Waals surface area contributed by atoms with Gasteiger partial charge in [-0.3, -0.25) is 9.59 Å². The van der Waals surface area contributed by atoms with Crippen LogP contribution in [0.5, 0.6) is 0 Å². The maximum absolute atomic E-state index is 11.4. The Bertz CT molecular complexity index is 199. The smallest absolute Gasteiger partial charge is 0.230 e. The fourth-order valence-electron chi connectivity index (χ4n) is 1.07. The van der Waals surface area contributed by atoms with E-state index in [-0.39, 0.29) is 18.1 Å². The van der Waals surface area contributed by atoms with Gasteiger partial charge >= 0.3 is 0 Å². The number of Topliss-reactive ketones (excluding diaryl/α,β-unsaturated/α-hetero) is 1. The van der Waals surface area contributed by atoms with Crippen LogP contribution in [0.3, 0.4) is 0 Å². The predicted molar refractivity (Wildman–Crippen MR) is 52.4 cm³/mol. The van der Waals surface area contributed by atoms with Gasteiger partial charge in [-0.15, -0.1) is 6.58 Å². The molecule has 0 fully saturated rings. The summed E-state index contributed by atoms with van der Waals surface area (Å²) in [6.07, 6.45) is 2.58. The van der Waals surface area contributed by atoms with E-state index in [1.165, 1.54) is 6.92 Å². The molecule has 0 aliphatic rings. The second-order valence-corrected chi connectivity index (χ2v) is 3.01. The van der Waals surface area contributed by atoms with E-state index in [9.17, 15) is 9.59 Å². The summed E-state index contributed by atoms with van der Waals surface area (Å²) in [4.78, 5) is 23.7. The summed E-state index contributed by atoms with van der Waals surface area (Å²) in [7, 11) is 0. The topological polar surface area (TPSA) is 37.4 Å². The van der Waals surface area contributed by atoms with Crippen LogP contribution in [0.2, 0.25) is 0 Å². The van der Waals surface area contributed by atoms with Crippen molar-refractivity contribution in [2.75, 3.05) is 13.1 Å². The Hall–Kier alpha value is -1.12. The van der Waals surface area contributed by atoms with Gasteiger partial charge in [-0.2, -0.15) is 0 Å². The zero-order valence-corrected chi connectivity index (χ0v) is 8.38. The van der Waals surface area contributed by atoms with Crippen LogP contribution in [0.1, 0.15) is 26.7 Å². The standard InChI is InChI=1S/C10H17NO2/c1-4-6-11(7-5-2)10(13)8-9(3)12/h4H,1,5-8H2,2-3H3. The molecule has 0 aliphatic carbocycles. The van der Waals surface area contributed by atoms with E-state index in [1.807, 2.05) is 6.92 Å². The van der Waals surface area contributed by atoms with Gasteiger partial charge in [-0.25, -0.2) is 0 Å². The number of hydrogen-bond donors (Lipinski definition) is 0. The van der Waals surface area contributed by atoms with Crippen LogP contribution in [-0.2, 0) is 9.59 Å². The molecule has 0 saturated heterocycles. The molecule has 0 unspecified atom stereocenters. The second kappa shape index (κ2) is 6.40. The van der Waals surface area contributed by atoms with E-state index in [2.05, 4.69) is 6.58 Å². The van der Waals surface area contributed by atoms with Crippen molar-refractivity contribution in [3.05, 3.63) is 12.7 Å². The maximum Gasteiger partial charge on any atom is 0.230 e. The highest BCUT2D eigenvalue weighted by molar-refractivity contribution is 5.96. The number of hydrogen-bond acceptors (Lipinski definition) is 2. The molecule has 0 rings (SSSR count). The molecule has 0 aromatic carbocycles. The first-order valence-electron chi connectivity index (χ1n) is 4.50. The summed E-state index contributed by atoms with van der Waals surface area (Å²) in [6, 6.07) is 0. The molecule has 74 valence electrons.